The van der Waals surface area contributed by atoms with Crippen molar-refractivity contribution in [1.29, 1.82) is 0 Å². The molecule has 1 heterocycles. The number of benzene rings is 1. The summed E-state index contributed by atoms with van der Waals surface area (Å²) < 4.78 is 0. The Morgan fingerprint density at radius 2 is 1.88 bits per heavy atom. The topological polar surface area (TPSA) is 182 Å². The summed E-state index contributed by atoms with van der Waals surface area (Å²) in [4.78, 5) is 43.2. The van der Waals surface area contributed by atoms with E-state index in [1.165, 1.54) is 0 Å². The maximum atomic E-state index is 12.6. The van der Waals surface area contributed by atoms with Gasteiger partial charge in [0.2, 0.25) is 5.95 Å². The number of anilines is 2. The SMILES string of the molecule is Nc1nc(N)c2c(n1)CCC2C1Cc2ccc(C(=O)N[C@@H](CCC(=O)O)C(=O)O)cc2C1. The summed E-state index contributed by atoms with van der Waals surface area (Å²) in [5, 5.41) is 20.5. The van der Waals surface area contributed by atoms with Crippen LogP contribution in [0.2, 0.25) is 0 Å². The number of hydrogen-bond acceptors (Lipinski definition) is 7. The molecule has 7 N–H and O–H groups in total. The first-order chi connectivity index (χ1) is 15.2. The van der Waals surface area contributed by atoms with Crippen molar-refractivity contribution in [3.8, 4) is 0 Å². The van der Waals surface area contributed by atoms with Crippen LogP contribution in [0.3, 0.4) is 0 Å². The van der Waals surface area contributed by atoms with Gasteiger partial charge in [-0.15, -0.1) is 0 Å². The van der Waals surface area contributed by atoms with Crippen LogP contribution in [-0.4, -0.2) is 44.1 Å². The quantitative estimate of drug-likeness (QED) is 0.422. The van der Waals surface area contributed by atoms with E-state index in [-0.39, 0.29) is 24.7 Å². The third-order valence-electron chi connectivity index (χ3n) is 6.39. The van der Waals surface area contributed by atoms with Crippen molar-refractivity contribution in [2.75, 3.05) is 11.5 Å². The summed E-state index contributed by atoms with van der Waals surface area (Å²) in [6.07, 6.45) is 2.83. The number of carbonyl (C=O) groups excluding carboxylic acids is 1. The highest BCUT2D eigenvalue weighted by atomic mass is 16.4. The molecule has 2 aliphatic carbocycles. The molecule has 1 aromatic heterocycles. The molecule has 4 rings (SSSR count). The van der Waals surface area contributed by atoms with E-state index in [2.05, 4.69) is 15.3 Å². The van der Waals surface area contributed by atoms with Gasteiger partial charge in [0.25, 0.3) is 5.91 Å². The number of carboxylic acid groups (broad SMARTS) is 2. The molecular formula is C22H25N5O5. The smallest absolute Gasteiger partial charge is 0.326 e. The zero-order valence-electron chi connectivity index (χ0n) is 17.4. The molecule has 1 amide bonds. The van der Waals surface area contributed by atoms with Gasteiger partial charge in [0.05, 0.1) is 5.69 Å². The first-order valence-corrected chi connectivity index (χ1v) is 10.5. The van der Waals surface area contributed by atoms with E-state index in [4.69, 9.17) is 16.6 Å². The van der Waals surface area contributed by atoms with Crippen molar-refractivity contribution in [3.63, 3.8) is 0 Å². The van der Waals surface area contributed by atoms with Gasteiger partial charge in [0, 0.05) is 17.5 Å². The van der Waals surface area contributed by atoms with Crippen LogP contribution in [0.1, 0.15) is 57.9 Å². The van der Waals surface area contributed by atoms with Crippen LogP contribution >= 0.6 is 0 Å². The molecule has 10 heteroatoms. The maximum Gasteiger partial charge on any atom is 0.326 e. The molecule has 0 radical (unpaired) electrons. The van der Waals surface area contributed by atoms with Crippen molar-refractivity contribution in [3.05, 3.63) is 46.1 Å². The Balaban J connectivity index is 1.47. The van der Waals surface area contributed by atoms with Crippen LogP contribution in [0.5, 0.6) is 0 Å². The number of nitrogens with one attached hydrogen (secondary N) is 1. The van der Waals surface area contributed by atoms with Gasteiger partial charge in [-0.25, -0.2) is 9.78 Å². The van der Waals surface area contributed by atoms with Gasteiger partial charge in [-0.1, -0.05) is 6.07 Å². The minimum absolute atomic E-state index is 0.182. The summed E-state index contributed by atoms with van der Waals surface area (Å²) in [6, 6.07) is 4.10. The molecule has 1 aromatic carbocycles. The van der Waals surface area contributed by atoms with Gasteiger partial charge in [-0.2, -0.15) is 4.98 Å². The first kappa shape index (κ1) is 21.5. The highest BCUT2D eigenvalue weighted by Gasteiger charge is 2.37. The number of fused-ring (bicyclic) bond motifs is 2. The molecule has 2 unspecified atom stereocenters. The number of aryl methyl sites for hydroxylation is 1. The van der Waals surface area contributed by atoms with Crippen molar-refractivity contribution in [2.24, 2.45) is 5.92 Å². The zero-order chi connectivity index (χ0) is 23.0. The Bertz CT molecular complexity index is 1100. The number of nitrogens with zero attached hydrogens (tertiary/aromatic N) is 2. The van der Waals surface area contributed by atoms with E-state index in [1.54, 1.807) is 12.1 Å². The number of aliphatic carboxylic acids is 2. The fourth-order valence-electron chi connectivity index (χ4n) is 4.90. The van der Waals surface area contributed by atoms with Crippen LogP contribution < -0.4 is 16.8 Å². The van der Waals surface area contributed by atoms with Gasteiger partial charge in [-0.3, -0.25) is 9.59 Å². The molecule has 32 heavy (non-hydrogen) atoms. The van der Waals surface area contributed by atoms with E-state index >= 15 is 0 Å². The number of nitrogens with two attached hydrogens (primary N) is 2. The molecule has 0 spiro atoms. The predicted octanol–water partition coefficient (Wildman–Crippen LogP) is 1.13. The summed E-state index contributed by atoms with van der Waals surface area (Å²) in [6.45, 7) is 0. The van der Waals surface area contributed by atoms with Gasteiger partial charge in [0.15, 0.2) is 0 Å². The van der Waals surface area contributed by atoms with E-state index < -0.39 is 23.9 Å². The van der Waals surface area contributed by atoms with Crippen LogP contribution in [0, 0.1) is 5.92 Å². The fraction of sp³-hybridized carbons (Fsp3) is 0.409. The summed E-state index contributed by atoms with van der Waals surface area (Å²) in [5.74, 6) is -1.75. The lowest BCUT2D eigenvalue weighted by molar-refractivity contribution is -0.140. The lowest BCUT2D eigenvalue weighted by Crippen LogP contribution is -2.41. The third kappa shape index (κ3) is 4.20. The Morgan fingerprint density at radius 3 is 2.59 bits per heavy atom. The molecule has 10 nitrogen and oxygen atoms in total. The minimum atomic E-state index is -1.26. The third-order valence-corrected chi connectivity index (χ3v) is 6.39. The van der Waals surface area contributed by atoms with Crippen LogP contribution in [0.15, 0.2) is 18.2 Å². The number of hydrogen-bond donors (Lipinski definition) is 5. The van der Waals surface area contributed by atoms with E-state index in [9.17, 15) is 19.5 Å². The molecule has 0 saturated heterocycles. The standard InChI is InChI=1S/C22H25N5O5/c23-19-18-14(3-4-15(18)26-22(24)27-19)13-7-10-1-2-11(8-12(10)9-13)20(30)25-16(21(31)32)5-6-17(28)29/h1-2,8,13-14,16H,3-7,9H2,(H,25,30)(H,28,29)(H,31,32)(H4,23,24,26,27)/t13?,14?,16-/m0/s1. The second-order valence-electron chi connectivity index (χ2n) is 8.42. The molecule has 168 valence electrons. The zero-order valence-corrected chi connectivity index (χ0v) is 17.4. The molecule has 0 fully saturated rings. The molecule has 0 aliphatic heterocycles. The average Bonchev–Trinajstić information content (AvgIpc) is 3.33. The van der Waals surface area contributed by atoms with Crippen molar-refractivity contribution in [1.82, 2.24) is 15.3 Å². The maximum absolute atomic E-state index is 12.6. The monoisotopic (exact) mass is 439 g/mol. The van der Waals surface area contributed by atoms with E-state index in [0.29, 0.717) is 17.3 Å². The Morgan fingerprint density at radius 1 is 1.12 bits per heavy atom. The van der Waals surface area contributed by atoms with Gasteiger partial charge < -0.3 is 27.0 Å². The van der Waals surface area contributed by atoms with Crippen molar-refractivity contribution < 1.29 is 24.6 Å². The van der Waals surface area contributed by atoms with Crippen LogP contribution in [0.25, 0.3) is 0 Å². The fourth-order valence-corrected chi connectivity index (χ4v) is 4.90. The van der Waals surface area contributed by atoms with Crippen molar-refractivity contribution >= 4 is 29.6 Å². The Hall–Kier alpha value is -3.69. The van der Waals surface area contributed by atoms with Crippen molar-refractivity contribution in [2.45, 2.75) is 50.5 Å². The summed E-state index contributed by atoms with van der Waals surface area (Å²) in [5.41, 5.74) is 16.3. The molecular weight excluding hydrogens is 414 g/mol. The van der Waals surface area contributed by atoms with Crippen LogP contribution in [0.4, 0.5) is 11.8 Å². The normalized spacial score (nSPS) is 19.8. The number of carboxylic acids is 2. The number of carbonyl (C=O) groups is 3. The molecule has 2 aromatic rings. The summed E-state index contributed by atoms with van der Waals surface area (Å²) in [7, 11) is 0. The second-order valence-corrected chi connectivity index (χ2v) is 8.42. The van der Waals surface area contributed by atoms with Crippen LogP contribution in [-0.2, 0) is 28.9 Å². The Labute approximate surface area is 184 Å². The van der Waals surface area contributed by atoms with E-state index in [0.717, 1.165) is 48.1 Å². The molecule has 3 atom stereocenters. The summed E-state index contributed by atoms with van der Waals surface area (Å²) >= 11 is 0. The minimum Gasteiger partial charge on any atom is -0.481 e. The largest absolute Gasteiger partial charge is 0.481 e. The van der Waals surface area contributed by atoms with E-state index in [1.807, 2.05) is 6.07 Å². The predicted molar refractivity (Wildman–Crippen MR) is 115 cm³/mol. The lowest BCUT2D eigenvalue weighted by atomic mass is 9.85. The number of rotatable bonds is 7. The highest BCUT2D eigenvalue weighted by Crippen LogP contribution is 2.45. The number of nitrogen functional groups attached to an aromatic ring is 2. The molecule has 0 bridgehead atoms. The average molecular weight is 439 g/mol. The second kappa shape index (κ2) is 8.45. The number of amides is 1. The molecule has 0 saturated carbocycles. The highest BCUT2D eigenvalue weighted by molar-refractivity contribution is 5.97. The first-order valence-electron chi connectivity index (χ1n) is 10.5. The van der Waals surface area contributed by atoms with Gasteiger partial charge in [-0.05, 0) is 67.2 Å². The lowest BCUT2D eigenvalue weighted by Gasteiger charge is -2.20. The molecule has 2 aliphatic rings. The van der Waals surface area contributed by atoms with Gasteiger partial charge >= 0.3 is 11.9 Å². The number of aromatic nitrogens is 2. The Kier molecular flexibility index (Phi) is 5.68. The van der Waals surface area contributed by atoms with Gasteiger partial charge in [0.1, 0.15) is 11.9 Å².